The summed E-state index contributed by atoms with van der Waals surface area (Å²) >= 11 is 0. The van der Waals surface area contributed by atoms with Gasteiger partial charge in [-0.1, -0.05) is 57.9 Å². The largest absolute Gasteiger partial charge is 0.393 e. The minimum atomic E-state index is -0.0839. The van der Waals surface area contributed by atoms with Gasteiger partial charge in [0.1, 0.15) is 0 Å². The Morgan fingerprint density at radius 3 is 2.42 bits per heavy atom. The highest BCUT2D eigenvalue weighted by molar-refractivity contribution is 5.25. The lowest BCUT2D eigenvalue weighted by Gasteiger charge is -2.58. The molecule has 1 N–H and O–H groups in total. The number of aliphatic hydroxyl groups is 1. The van der Waals surface area contributed by atoms with Crippen LogP contribution in [0.15, 0.2) is 23.3 Å². The van der Waals surface area contributed by atoms with Crippen molar-refractivity contribution in [3.05, 3.63) is 23.3 Å². The molecule has 0 aliphatic heterocycles. The highest BCUT2D eigenvalue weighted by atomic mass is 16.4. The number of hydrogen-bond donors (Lipinski definition) is 1. The van der Waals surface area contributed by atoms with Gasteiger partial charge >= 0.3 is 0 Å². The molecule has 2 nitrogen and oxygen atoms in total. The van der Waals surface area contributed by atoms with Crippen LogP contribution in [0.5, 0.6) is 0 Å². The van der Waals surface area contributed by atoms with Crippen molar-refractivity contribution >= 4 is 0 Å². The lowest BCUT2D eigenvalue weighted by atomic mass is 9.47. The molecule has 0 radical (unpaired) electrons. The number of rotatable bonds is 5. The van der Waals surface area contributed by atoms with Gasteiger partial charge in [-0.25, -0.2) is 0 Å². The first-order chi connectivity index (χ1) is 15.6. The zero-order valence-electron chi connectivity index (χ0n) is 23.1. The Bertz CT molecular complexity index is 706. The van der Waals surface area contributed by atoms with Crippen LogP contribution in [-0.2, 0) is 4.74 Å². The van der Waals surface area contributed by atoms with E-state index < -0.39 is 0 Å². The Kier molecular flexibility index (Phi) is 8.99. The molecule has 0 bridgehead atoms. The molecule has 0 unspecified atom stereocenters. The second-order valence-electron chi connectivity index (χ2n) is 12.8. The summed E-state index contributed by atoms with van der Waals surface area (Å²) in [6.45, 7) is 14.7. The maximum atomic E-state index is 10.2. The third kappa shape index (κ3) is 5.18. The van der Waals surface area contributed by atoms with E-state index in [0.717, 1.165) is 42.4 Å². The minimum Gasteiger partial charge on any atom is -0.393 e. The van der Waals surface area contributed by atoms with Crippen molar-refractivity contribution in [2.45, 2.75) is 112 Å². The van der Waals surface area contributed by atoms with Crippen molar-refractivity contribution < 1.29 is 9.84 Å². The van der Waals surface area contributed by atoms with Gasteiger partial charge in [-0.05, 0) is 117 Å². The number of fused-ring (bicyclic) bond motifs is 5. The van der Waals surface area contributed by atoms with Gasteiger partial charge < -0.3 is 9.84 Å². The summed E-state index contributed by atoms with van der Waals surface area (Å²) in [6.07, 6.45) is 17.8. The van der Waals surface area contributed by atoms with Gasteiger partial charge in [-0.3, -0.25) is 0 Å². The van der Waals surface area contributed by atoms with E-state index in [1.54, 1.807) is 25.4 Å². The van der Waals surface area contributed by atoms with Crippen LogP contribution in [0.1, 0.15) is 106 Å². The van der Waals surface area contributed by atoms with Crippen molar-refractivity contribution in [3.8, 4) is 0 Å². The van der Waals surface area contributed by atoms with E-state index in [-0.39, 0.29) is 6.10 Å². The Labute approximate surface area is 205 Å². The maximum absolute atomic E-state index is 10.2. The van der Waals surface area contributed by atoms with Crippen LogP contribution in [0, 0.1) is 46.3 Å². The molecule has 4 aliphatic rings. The van der Waals surface area contributed by atoms with E-state index in [4.69, 9.17) is 0 Å². The summed E-state index contributed by atoms with van der Waals surface area (Å²) in [5, 5.41) is 10.2. The summed E-state index contributed by atoms with van der Waals surface area (Å²) in [5.74, 6) is 5.15. The maximum Gasteiger partial charge on any atom is 0.0577 e. The Balaban J connectivity index is 0.000000968. The number of allylic oxidation sites excluding steroid dienone is 3. The van der Waals surface area contributed by atoms with Crippen LogP contribution in [0.25, 0.3) is 0 Å². The standard InChI is InChI=1S/C29H48O.C2H6O/c1-7-21(19(2)3)9-8-20(4)25-12-13-26-24-11-10-22-18-23(30)14-16-28(22,5)27(24)15-17-29(25,26)6;1-3-2/h7,10,19-20,23-27,30H,8-9,11-18H2,1-6H3;1-2H3/b21-7+;/t20-,23+,24+,25-,26+,27+,28+,29-;/m1./s1. The van der Waals surface area contributed by atoms with E-state index >= 15 is 0 Å². The first-order valence-corrected chi connectivity index (χ1v) is 14.0. The van der Waals surface area contributed by atoms with Gasteiger partial charge in [0.2, 0.25) is 0 Å². The molecule has 8 atom stereocenters. The molecule has 3 fully saturated rings. The molecule has 0 aromatic carbocycles. The van der Waals surface area contributed by atoms with Gasteiger partial charge in [0.25, 0.3) is 0 Å². The summed E-state index contributed by atoms with van der Waals surface area (Å²) in [6, 6.07) is 0. The van der Waals surface area contributed by atoms with Crippen LogP contribution >= 0.6 is 0 Å². The van der Waals surface area contributed by atoms with Crippen LogP contribution in [0.2, 0.25) is 0 Å². The summed E-state index contributed by atoms with van der Waals surface area (Å²) < 4.78 is 4.25. The monoisotopic (exact) mass is 458 g/mol. The second-order valence-corrected chi connectivity index (χ2v) is 12.8. The number of ether oxygens (including phenoxy) is 1. The molecular formula is C31H54O2. The topological polar surface area (TPSA) is 29.5 Å². The Hall–Kier alpha value is -0.600. The zero-order valence-corrected chi connectivity index (χ0v) is 23.1. The number of hydrogen-bond acceptors (Lipinski definition) is 2. The number of methoxy groups -OCH3 is 1. The molecule has 3 saturated carbocycles. The molecule has 190 valence electrons. The second kappa shape index (κ2) is 11.0. The van der Waals surface area contributed by atoms with Gasteiger partial charge in [0.05, 0.1) is 6.10 Å². The van der Waals surface area contributed by atoms with Crippen LogP contribution < -0.4 is 0 Å². The quantitative estimate of drug-likeness (QED) is 0.421. The highest BCUT2D eigenvalue weighted by Crippen LogP contribution is 2.67. The fraction of sp³-hybridized carbons (Fsp3) is 0.871. The van der Waals surface area contributed by atoms with Crippen LogP contribution in [0.4, 0.5) is 0 Å². The zero-order chi connectivity index (χ0) is 24.4. The molecule has 0 heterocycles. The van der Waals surface area contributed by atoms with Gasteiger partial charge in [0.15, 0.2) is 0 Å². The van der Waals surface area contributed by atoms with Crippen molar-refractivity contribution in [3.63, 3.8) is 0 Å². The smallest absolute Gasteiger partial charge is 0.0577 e. The first-order valence-electron chi connectivity index (χ1n) is 14.0. The normalized spacial score (nSPS) is 41.3. The predicted molar refractivity (Wildman–Crippen MR) is 141 cm³/mol. The van der Waals surface area contributed by atoms with E-state index in [1.165, 1.54) is 51.4 Å². The average molecular weight is 459 g/mol. The summed E-state index contributed by atoms with van der Waals surface area (Å²) in [7, 11) is 3.25. The minimum absolute atomic E-state index is 0.0839. The van der Waals surface area contributed by atoms with Crippen molar-refractivity contribution in [1.82, 2.24) is 0 Å². The molecule has 4 aliphatic carbocycles. The summed E-state index contributed by atoms with van der Waals surface area (Å²) in [4.78, 5) is 0. The van der Waals surface area contributed by atoms with Crippen LogP contribution in [-0.4, -0.2) is 25.4 Å². The molecule has 2 heteroatoms. The van der Waals surface area contributed by atoms with E-state index in [9.17, 15) is 5.11 Å². The molecular weight excluding hydrogens is 404 g/mol. The van der Waals surface area contributed by atoms with E-state index in [1.807, 2.05) is 0 Å². The molecule has 0 spiro atoms. The molecule has 4 rings (SSSR count). The fourth-order valence-electron chi connectivity index (χ4n) is 8.98. The van der Waals surface area contributed by atoms with Gasteiger partial charge in [0, 0.05) is 14.2 Å². The predicted octanol–water partition coefficient (Wildman–Crippen LogP) is 8.21. The molecule has 33 heavy (non-hydrogen) atoms. The van der Waals surface area contributed by atoms with E-state index in [2.05, 4.69) is 58.4 Å². The molecule has 0 saturated heterocycles. The SMILES string of the molecule is C/C=C(\CC[C@@H](C)[C@H]1CC[C@H]2[C@@H]3CC=C4C[C@@H](O)CC[C@]4(C)[C@H]3CC[C@]12C)C(C)C.COC. The summed E-state index contributed by atoms with van der Waals surface area (Å²) in [5.41, 5.74) is 4.21. The highest BCUT2D eigenvalue weighted by Gasteiger charge is 2.59. The lowest BCUT2D eigenvalue weighted by Crippen LogP contribution is -2.50. The Morgan fingerprint density at radius 1 is 1.09 bits per heavy atom. The van der Waals surface area contributed by atoms with Crippen LogP contribution in [0.3, 0.4) is 0 Å². The molecule has 0 amide bonds. The fourth-order valence-corrected chi connectivity index (χ4v) is 8.98. The molecule has 0 aromatic rings. The van der Waals surface area contributed by atoms with Gasteiger partial charge in [-0.15, -0.1) is 0 Å². The molecule has 0 aromatic heterocycles. The van der Waals surface area contributed by atoms with Crippen molar-refractivity contribution in [2.24, 2.45) is 46.3 Å². The Morgan fingerprint density at radius 2 is 1.79 bits per heavy atom. The van der Waals surface area contributed by atoms with Crippen molar-refractivity contribution in [2.75, 3.05) is 14.2 Å². The van der Waals surface area contributed by atoms with E-state index in [0.29, 0.717) is 16.7 Å². The lowest BCUT2D eigenvalue weighted by molar-refractivity contribution is -0.0571. The number of aliphatic hydroxyl groups excluding tert-OH is 1. The first kappa shape index (κ1) is 27.0. The third-order valence-electron chi connectivity index (χ3n) is 10.8. The van der Waals surface area contributed by atoms with Gasteiger partial charge in [-0.2, -0.15) is 0 Å². The third-order valence-corrected chi connectivity index (χ3v) is 10.8. The average Bonchev–Trinajstić information content (AvgIpc) is 3.12. The van der Waals surface area contributed by atoms with Crippen molar-refractivity contribution in [1.29, 1.82) is 0 Å².